The maximum Gasteiger partial charge on any atom is 0.317 e. The number of aliphatic carboxylic acids is 1. The van der Waals surface area contributed by atoms with Crippen molar-refractivity contribution in [3.63, 3.8) is 0 Å². The molecule has 19 heavy (non-hydrogen) atoms. The van der Waals surface area contributed by atoms with E-state index in [9.17, 15) is 9.59 Å². The van der Waals surface area contributed by atoms with Crippen molar-refractivity contribution >= 4 is 11.9 Å². The number of nitrogens with zero attached hydrogens (tertiary/aromatic N) is 2. The van der Waals surface area contributed by atoms with Crippen LogP contribution in [-0.4, -0.2) is 59.5 Å². The Morgan fingerprint density at radius 2 is 1.84 bits per heavy atom. The molecule has 1 aliphatic rings. The first-order valence-corrected chi connectivity index (χ1v) is 7.10. The minimum atomic E-state index is -0.874. The summed E-state index contributed by atoms with van der Waals surface area (Å²) in [7, 11) is 0. The highest BCUT2D eigenvalue weighted by Crippen LogP contribution is 2.16. The zero-order valence-electron chi connectivity index (χ0n) is 12.3. The summed E-state index contributed by atoms with van der Waals surface area (Å²) in [5.74, 6) is 0.234. The third kappa shape index (κ3) is 6.05. The van der Waals surface area contributed by atoms with Crippen LogP contribution in [0, 0.1) is 11.8 Å². The summed E-state index contributed by atoms with van der Waals surface area (Å²) in [6, 6.07) is 0. The van der Waals surface area contributed by atoms with Gasteiger partial charge in [0.2, 0.25) is 5.91 Å². The lowest BCUT2D eigenvalue weighted by Crippen LogP contribution is -2.45. The summed E-state index contributed by atoms with van der Waals surface area (Å²) >= 11 is 0. The highest BCUT2D eigenvalue weighted by molar-refractivity contribution is 5.79. The highest BCUT2D eigenvalue weighted by Gasteiger charge is 2.23. The predicted molar refractivity (Wildman–Crippen MR) is 73.9 cm³/mol. The molecule has 0 unspecified atom stereocenters. The van der Waals surface area contributed by atoms with Gasteiger partial charge in [-0.15, -0.1) is 0 Å². The molecule has 1 fully saturated rings. The van der Waals surface area contributed by atoms with Crippen molar-refractivity contribution in [3.8, 4) is 0 Å². The molecule has 0 spiro atoms. The SMILES string of the molecule is CC(C)CN(CC(=O)O)CC(=O)N1CCC(C)CC1. The van der Waals surface area contributed by atoms with Crippen molar-refractivity contribution in [2.75, 3.05) is 32.7 Å². The van der Waals surface area contributed by atoms with Gasteiger partial charge in [-0.25, -0.2) is 0 Å². The number of carboxylic acids is 1. The molecule has 5 nitrogen and oxygen atoms in total. The lowest BCUT2D eigenvalue weighted by Gasteiger charge is -2.32. The summed E-state index contributed by atoms with van der Waals surface area (Å²) < 4.78 is 0. The van der Waals surface area contributed by atoms with E-state index in [1.54, 1.807) is 4.90 Å². The number of carbonyl (C=O) groups excluding carboxylic acids is 1. The molecule has 1 amide bonds. The van der Waals surface area contributed by atoms with E-state index in [1.807, 2.05) is 18.7 Å². The van der Waals surface area contributed by atoms with Crippen molar-refractivity contribution in [2.24, 2.45) is 11.8 Å². The Hall–Kier alpha value is -1.10. The molecule has 0 atom stereocenters. The third-order valence-corrected chi connectivity index (χ3v) is 3.48. The van der Waals surface area contributed by atoms with Crippen molar-refractivity contribution in [1.29, 1.82) is 0 Å². The largest absolute Gasteiger partial charge is 0.480 e. The fourth-order valence-corrected chi connectivity index (χ4v) is 2.44. The third-order valence-electron chi connectivity index (χ3n) is 3.48. The quantitative estimate of drug-likeness (QED) is 0.790. The first kappa shape index (κ1) is 16.0. The van der Waals surface area contributed by atoms with Gasteiger partial charge in [0, 0.05) is 19.6 Å². The second-order valence-electron chi connectivity index (χ2n) is 6.02. The second kappa shape index (κ2) is 7.48. The van der Waals surface area contributed by atoms with Gasteiger partial charge in [-0.3, -0.25) is 14.5 Å². The molecule has 0 saturated carbocycles. The smallest absolute Gasteiger partial charge is 0.317 e. The molecule has 1 aliphatic heterocycles. The zero-order chi connectivity index (χ0) is 14.4. The van der Waals surface area contributed by atoms with Crippen LogP contribution in [0.15, 0.2) is 0 Å². The summed E-state index contributed by atoms with van der Waals surface area (Å²) in [6.45, 7) is 8.68. The van der Waals surface area contributed by atoms with Crippen LogP contribution in [0.1, 0.15) is 33.6 Å². The Kier molecular flexibility index (Phi) is 6.28. The number of hydrogen-bond donors (Lipinski definition) is 1. The van der Waals surface area contributed by atoms with Crippen LogP contribution in [0.3, 0.4) is 0 Å². The van der Waals surface area contributed by atoms with Crippen molar-refractivity contribution in [2.45, 2.75) is 33.6 Å². The van der Waals surface area contributed by atoms with E-state index in [2.05, 4.69) is 6.92 Å². The number of carboxylic acid groups (broad SMARTS) is 1. The van der Waals surface area contributed by atoms with Crippen LogP contribution >= 0.6 is 0 Å². The second-order valence-corrected chi connectivity index (χ2v) is 6.02. The number of likely N-dealkylation sites (tertiary alicyclic amines) is 1. The average molecular weight is 270 g/mol. The fraction of sp³-hybridized carbons (Fsp3) is 0.857. The first-order chi connectivity index (χ1) is 8.88. The Morgan fingerprint density at radius 1 is 1.26 bits per heavy atom. The van der Waals surface area contributed by atoms with Crippen molar-refractivity contribution in [1.82, 2.24) is 9.80 Å². The van der Waals surface area contributed by atoms with E-state index >= 15 is 0 Å². The number of rotatable bonds is 6. The summed E-state index contributed by atoms with van der Waals surface area (Å²) in [5.41, 5.74) is 0. The van der Waals surface area contributed by atoms with Crippen LogP contribution < -0.4 is 0 Å². The average Bonchev–Trinajstić information content (AvgIpc) is 2.27. The van der Waals surface area contributed by atoms with Gasteiger partial charge in [0.25, 0.3) is 0 Å². The lowest BCUT2D eigenvalue weighted by atomic mass is 9.99. The Morgan fingerprint density at radius 3 is 2.32 bits per heavy atom. The monoisotopic (exact) mass is 270 g/mol. The van der Waals surface area contributed by atoms with Gasteiger partial charge >= 0.3 is 5.97 Å². The van der Waals surface area contributed by atoms with Crippen LogP contribution in [-0.2, 0) is 9.59 Å². The molecule has 0 aromatic carbocycles. The van der Waals surface area contributed by atoms with Crippen LogP contribution in [0.4, 0.5) is 0 Å². The molecule has 0 bridgehead atoms. The van der Waals surface area contributed by atoms with Gasteiger partial charge in [-0.05, 0) is 24.7 Å². The minimum Gasteiger partial charge on any atom is -0.480 e. The standard InChI is InChI=1S/C14H26N2O3/c1-11(2)8-15(10-14(18)19)9-13(17)16-6-4-12(3)5-7-16/h11-12H,4-10H2,1-3H3,(H,18,19). The first-order valence-electron chi connectivity index (χ1n) is 7.10. The van der Waals surface area contributed by atoms with Gasteiger partial charge in [0.05, 0.1) is 13.1 Å². The maximum atomic E-state index is 12.2. The molecule has 1 rings (SSSR count). The predicted octanol–water partition coefficient (Wildman–Crippen LogP) is 1.29. The summed E-state index contributed by atoms with van der Waals surface area (Å²) in [6.07, 6.45) is 2.10. The number of amides is 1. The Balaban J connectivity index is 2.47. The van der Waals surface area contributed by atoms with Crippen LogP contribution in [0.5, 0.6) is 0 Å². The van der Waals surface area contributed by atoms with E-state index in [-0.39, 0.29) is 19.0 Å². The molecule has 0 radical (unpaired) electrons. The molecule has 1 saturated heterocycles. The zero-order valence-corrected chi connectivity index (χ0v) is 12.3. The molecule has 1 N–H and O–H groups in total. The van der Waals surface area contributed by atoms with E-state index in [1.165, 1.54) is 0 Å². The Labute approximate surface area is 115 Å². The molecule has 0 aliphatic carbocycles. The summed E-state index contributed by atoms with van der Waals surface area (Å²) in [4.78, 5) is 26.6. The molecule has 0 aromatic heterocycles. The lowest BCUT2D eigenvalue weighted by molar-refractivity contribution is -0.140. The molecular formula is C14H26N2O3. The minimum absolute atomic E-state index is 0.0613. The topological polar surface area (TPSA) is 60.9 Å². The van der Waals surface area contributed by atoms with Crippen molar-refractivity contribution < 1.29 is 14.7 Å². The molecule has 1 heterocycles. The highest BCUT2D eigenvalue weighted by atomic mass is 16.4. The Bertz CT molecular complexity index is 310. The number of carbonyl (C=O) groups is 2. The number of hydrogen-bond acceptors (Lipinski definition) is 3. The molecule has 0 aromatic rings. The van der Waals surface area contributed by atoms with E-state index in [0.29, 0.717) is 18.4 Å². The van der Waals surface area contributed by atoms with Gasteiger partial charge in [-0.2, -0.15) is 0 Å². The number of piperidine rings is 1. The van der Waals surface area contributed by atoms with Gasteiger partial charge in [0.15, 0.2) is 0 Å². The van der Waals surface area contributed by atoms with E-state index in [0.717, 1.165) is 25.9 Å². The van der Waals surface area contributed by atoms with E-state index < -0.39 is 5.97 Å². The summed E-state index contributed by atoms with van der Waals surface area (Å²) in [5, 5.41) is 8.89. The normalized spacial score (nSPS) is 17.2. The maximum absolute atomic E-state index is 12.2. The van der Waals surface area contributed by atoms with Gasteiger partial charge in [-0.1, -0.05) is 20.8 Å². The van der Waals surface area contributed by atoms with Gasteiger partial charge < -0.3 is 10.0 Å². The van der Waals surface area contributed by atoms with Gasteiger partial charge in [0.1, 0.15) is 0 Å². The fourth-order valence-electron chi connectivity index (χ4n) is 2.44. The molecule has 110 valence electrons. The molecule has 5 heteroatoms. The van der Waals surface area contributed by atoms with Crippen molar-refractivity contribution in [3.05, 3.63) is 0 Å². The van der Waals surface area contributed by atoms with E-state index in [4.69, 9.17) is 5.11 Å². The van der Waals surface area contributed by atoms with Crippen LogP contribution in [0.2, 0.25) is 0 Å². The van der Waals surface area contributed by atoms with Crippen LogP contribution in [0.25, 0.3) is 0 Å². The molecular weight excluding hydrogens is 244 g/mol.